The van der Waals surface area contributed by atoms with E-state index < -0.39 is 47.9 Å². The van der Waals surface area contributed by atoms with Gasteiger partial charge in [-0.3, -0.25) is 19.4 Å². The van der Waals surface area contributed by atoms with E-state index in [2.05, 4.69) is 20.9 Å². The molecule has 0 aliphatic carbocycles. The van der Waals surface area contributed by atoms with Gasteiger partial charge in [-0.15, -0.1) is 0 Å². The molecule has 0 aromatic heterocycles. The van der Waals surface area contributed by atoms with Crippen LogP contribution in [0.2, 0.25) is 0 Å². The number of carboxylic acid groups (broad SMARTS) is 1. The Kier molecular flexibility index (Phi) is 15.6. The molecule has 5 atom stereocenters. The van der Waals surface area contributed by atoms with Crippen molar-refractivity contribution in [2.45, 2.75) is 70.1 Å². The number of nitrogens with two attached hydrogens (primary N) is 3. The van der Waals surface area contributed by atoms with Gasteiger partial charge in [0.25, 0.3) is 0 Å². The summed E-state index contributed by atoms with van der Waals surface area (Å²) in [5.41, 5.74) is 17.6. The number of guanidine groups is 1. The summed E-state index contributed by atoms with van der Waals surface area (Å²) in [6.07, 6.45) is 3.43. The highest BCUT2D eigenvalue weighted by Gasteiger charge is 2.31. The minimum atomic E-state index is -1.16. The number of carbonyl (C=O) groups is 4. The molecule has 39 heavy (non-hydrogen) atoms. The number of hydrogen-bond acceptors (Lipinski definition) is 7. The fourth-order valence-electron chi connectivity index (χ4n) is 3.65. The zero-order valence-corrected chi connectivity index (χ0v) is 23.7. The highest BCUT2D eigenvalue weighted by molar-refractivity contribution is 7.98. The molecule has 0 saturated heterocycles. The topological polar surface area (TPSA) is 215 Å². The molecule has 1 aromatic carbocycles. The third kappa shape index (κ3) is 12.9. The Hall–Kier alpha value is -3.32. The molecule has 1 rings (SSSR count). The van der Waals surface area contributed by atoms with Gasteiger partial charge in [-0.05, 0) is 42.8 Å². The number of nitrogens with zero attached hydrogens (tertiary/aromatic N) is 1. The van der Waals surface area contributed by atoms with E-state index in [1.54, 1.807) is 24.3 Å². The summed E-state index contributed by atoms with van der Waals surface area (Å²) in [6.45, 7) is 3.99. The molecule has 5 unspecified atom stereocenters. The molecule has 0 heterocycles. The van der Waals surface area contributed by atoms with E-state index in [-0.39, 0.29) is 37.7 Å². The van der Waals surface area contributed by atoms with Crippen molar-refractivity contribution in [3.05, 3.63) is 35.9 Å². The summed E-state index contributed by atoms with van der Waals surface area (Å²) in [6, 6.07) is 4.99. The molecule has 10 N–H and O–H groups in total. The van der Waals surface area contributed by atoms with Crippen molar-refractivity contribution in [1.82, 2.24) is 16.0 Å². The van der Waals surface area contributed by atoms with E-state index in [1.807, 2.05) is 26.2 Å². The zero-order chi connectivity index (χ0) is 29.4. The van der Waals surface area contributed by atoms with Crippen molar-refractivity contribution in [2.24, 2.45) is 28.1 Å². The summed E-state index contributed by atoms with van der Waals surface area (Å²) >= 11 is 1.46. The lowest BCUT2D eigenvalue weighted by atomic mass is 9.98. The number of amides is 3. The first kappa shape index (κ1) is 33.7. The standard InChI is InChI=1S/C26H43N7O5S/c1-4-16(2)21(27)24(36)31-18(11-8-13-30-26(28)29)22(34)33-20(15-17-9-6-5-7-10-17)23(35)32-19(25(37)38)12-14-39-3/h5-7,9-10,16,18-21H,4,8,11-15,27H2,1-3H3,(H,31,36)(H,32,35)(H,33,34)(H,37,38)(H4,28,29,30). The number of thioether (sulfide) groups is 1. The number of nitrogens with one attached hydrogen (secondary N) is 3. The number of aliphatic carboxylic acids is 1. The van der Waals surface area contributed by atoms with Gasteiger partial charge in [0.1, 0.15) is 18.1 Å². The monoisotopic (exact) mass is 565 g/mol. The van der Waals surface area contributed by atoms with E-state index in [0.717, 1.165) is 5.56 Å². The van der Waals surface area contributed by atoms with Crippen LogP contribution in [0.15, 0.2) is 35.3 Å². The number of carbonyl (C=O) groups excluding carboxylic acids is 3. The van der Waals surface area contributed by atoms with Gasteiger partial charge in [0, 0.05) is 13.0 Å². The lowest BCUT2D eigenvalue weighted by Crippen LogP contribution is -2.58. The van der Waals surface area contributed by atoms with Crippen LogP contribution < -0.4 is 33.2 Å². The number of benzene rings is 1. The first-order valence-corrected chi connectivity index (χ1v) is 14.4. The van der Waals surface area contributed by atoms with Crippen LogP contribution >= 0.6 is 11.8 Å². The van der Waals surface area contributed by atoms with Gasteiger partial charge in [0.15, 0.2) is 5.96 Å². The number of rotatable bonds is 18. The Morgan fingerprint density at radius 1 is 0.949 bits per heavy atom. The van der Waals surface area contributed by atoms with Crippen molar-refractivity contribution in [3.8, 4) is 0 Å². The number of carboxylic acids is 1. The van der Waals surface area contributed by atoms with Gasteiger partial charge in [-0.1, -0.05) is 50.6 Å². The summed E-state index contributed by atoms with van der Waals surface area (Å²) in [7, 11) is 0. The predicted octanol–water partition coefficient (Wildman–Crippen LogP) is -0.0518. The normalized spacial score (nSPS) is 14.7. The smallest absolute Gasteiger partial charge is 0.326 e. The molecule has 0 radical (unpaired) electrons. The molecule has 12 nitrogen and oxygen atoms in total. The van der Waals surface area contributed by atoms with Gasteiger partial charge >= 0.3 is 5.97 Å². The number of aliphatic imine (C=N–C) groups is 1. The predicted molar refractivity (Wildman–Crippen MR) is 154 cm³/mol. The van der Waals surface area contributed by atoms with Crippen molar-refractivity contribution >= 4 is 41.4 Å². The first-order valence-electron chi connectivity index (χ1n) is 13.0. The second-order valence-corrected chi connectivity index (χ2v) is 10.3. The van der Waals surface area contributed by atoms with Crippen LogP contribution in [0.1, 0.15) is 45.1 Å². The molecule has 0 spiro atoms. The molecule has 0 bridgehead atoms. The van der Waals surface area contributed by atoms with Crippen LogP contribution in [0, 0.1) is 5.92 Å². The summed E-state index contributed by atoms with van der Waals surface area (Å²) in [5, 5.41) is 17.5. The van der Waals surface area contributed by atoms with E-state index in [4.69, 9.17) is 17.2 Å². The Morgan fingerprint density at radius 3 is 2.10 bits per heavy atom. The average Bonchev–Trinajstić information content (AvgIpc) is 2.91. The van der Waals surface area contributed by atoms with Crippen LogP contribution in [0.25, 0.3) is 0 Å². The van der Waals surface area contributed by atoms with Gasteiger partial charge in [-0.25, -0.2) is 4.79 Å². The molecule has 1 aromatic rings. The van der Waals surface area contributed by atoms with Crippen molar-refractivity contribution in [1.29, 1.82) is 0 Å². The van der Waals surface area contributed by atoms with Crippen LogP contribution in [-0.4, -0.2) is 77.5 Å². The largest absolute Gasteiger partial charge is 0.480 e. The van der Waals surface area contributed by atoms with Gasteiger partial charge in [0.05, 0.1) is 6.04 Å². The quantitative estimate of drug-likeness (QED) is 0.0720. The minimum Gasteiger partial charge on any atom is -0.480 e. The molecule has 0 saturated carbocycles. The average molecular weight is 566 g/mol. The van der Waals surface area contributed by atoms with Crippen LogP contribution in [0.5, 0.6) is 0 Å². The maximum atomic E-state index is 13.4. The van der Waals surface area contributed by atoms with Crippen LogP contribution in [-0.2, 0) is 25.6 Å². The molecule has 0 fully saturated rings. The Labute approximate surface area is 234 Å². The minimum absolute atomic E-state index is 0.0899. The second-order valence-electron chi connectivity index (χ2n) is 9.35. The second kappa shape index (κ2) is 18.1. The molecular weight excluding hydrogens is 522 g/mol. The van der Waals surface area contributed by atoms with E-state index in [9.17, 15) is 24.3 Å². The van der Waals surface area contributed by atoms with Crippen molar-refractivity contribution in [2.75, 3.05) is 18.6 Å². The third-order valence-electron chi connectivity index (χ3n) is 6.28. The van der Waals surface area contributed by atoms with Gasteiger partial charge < -0.3 is 38.3 Å². The first-order chi connectivity index (χ1) is 18.5. The summed E-state index contributed by atoms with van der Waals surface area (Å²) in [4.78, 5) is 55.1. The van der Waals surface area contributed by atoms with E-state index in [1.165, 1.54) is 11.8 Å². The Bertz CT molecular complexity index is 959. The van der Waals surface area contributed by atoms with Crippen LogP contribution in [0.4, 0.5) is 0 Å². The molecular formula is C26H43N7O5S. The molecule has 0 aliphatic heterocycles. The van der Waals surface area contributed by atoms with Crippen molar-refractivity contribution < 1.29 is 24.3 Å². The Morgan fingerprint density at radius 2 is 1.54 bits per heavy atom. The maximum absolute atomic E-state index is 13.4. The lowest BCUT2D eigenvalue weighted by molar-refractivity contribution is -0.142. The summed E-state index contributed by atoms with van der Waals surface area (Å²) in [5.74, 6) is -2.55. The third-order valence-corrected chi connectivity index (χ3v) is 6.92. The van der Waals surface area contributed by atoms with Gasteiger partial charge in [0.2, 0.25) is 17.7 Å². The molecule has 0 aliphatic rings. The molecule has 3 amide bonds. The summed E-state index contributed by atoms with van der Waals surface area (Å²) < 4.78 is 0. The lowest BCUT2D eigenvalue weighted by Gasteiger charge is -2.26. The zero-order valence-electron chi connectivity index (χ0n) is 22.9. The maximum Gasteiger partial charge on any atom is 0.326 e. The highest BCUT2D eigenvalue weighted by atomic mass is 32.2. The van der Waals surface area contributed by atoms with Gasteiger partial charge in [-0.2, -0.15) is 11.8 Å². The fraction of sp³-hybridized carbons (Fsp3) is 0.577. The Balaban J connectivity index is 3.15. The van der Waals surface area contributed by atoms with E-state index >= 15 is 0 Å². The van der Waals surface area contributed by atoms with E-state index in [0.29, 0.717) is 18.6 Å². The molecule has 218 valence electrons. The number of hydrogen-bond donors (Lipinski definition) is 7. The molecule has 13 heteroatoms. The van der Waals surface area contributed by atoms with Crippen molar-refractivity contribution in [3.63, 3.8) is 0 Å². The van der Waals surface area contributed by atoms with Crippen LogP contribution in [0.3, 0.4) is 0 Å². The SMILES string of the molecule is CCC(C)C(N)C(=O)NC(CCCN=C(N)N)C(=O)NC(Cc1ccccc1)C(=O)NC(CCSC)C(=O)O. The fourth-order valence-corrected chi connectivity index (χ4v) is 4.12. The highest BCUT2D eigenvalue weighted by Crippen LogP contribution is 2.09.